The number of hydrogen-bond donors (Lipinski definition) is 2. The van der Waals surface area contributed by atoms with Gasteiger partial charge in [-0.05, 0) is 38.1 Å². The molecule has 2 N–H and O–H groups in total. The fourth-order valence-electron chi connectivity index (χ4n) is 3.17. The maximum atomic E-state index is 13.9. The van der Waals surface area contributed by atoms with Gasteiger partial charge in [-0.1, -0.05) is 35.6 Å². The summed E-state index contributed by atoms with van der Waals surface area (Å²) in [5.41, 5.74) is 1.38. The van der Waals surface area contributed by atoms with Crippen LogP contribution in [0.2, 0.25) is 0 Å². The highest BCUT2D eigenvalue weighted by Gasteiger charge is 2.24. The van der Waals surface area contributed by atoms with E-state index >= 15 is 0 Å². The van der Waals surface area contributed by atoms with Crippen LogP contribution in [0.15, 0.2) is 48.5 Å². The van der Waals surface area contributed by atoms with E-state index < -0.39 is 24.0 Å². The van der Waals surface area contributed by atoms with Crippen molar-refractivity contribution < 1.29 is 18.4 Å². The second-order valence-corrected chi connectivity index (χ2v) is 9.29. The summed E-state index contributed by atoms with van der Waals surface area (Å²) in [6.07, 6.45) is -0.502. The van der Waals surface area contributed by atoms with E-state index in [-0.39, 0.29) is 21.5 Å². The Morgan fingerprint density at radius 1 is 0.909 bits per heavy atom. The average Bonchev–Trinajstić information content (AvgIpc) is 3.33. The van der Waals surface area contributed by atoms with E-state index in [1.165, 1.54) is 17.4 Å². The van der Waals surface area contributed by atoms with Crippen molar-refractivity contribution in [3.05, 3.63) is 81.3 Å². The lowest BCUT2D eigenvalue weighted by atomic mass is 10.1. The van der Waals surface area contributed by atoms with Gasteiger partial charge in [0.1, 0.15) is 22.2 Å². The summed E-state index contributed by atoms with van der Waals surface area (Å²) >= 11 is 2.37. The smallest absolute Gasteiger partial charge is 0.268 e. The van der Waals surface area contributed by atoms with Gasteiger partial charge in [0.15, 0.2) is 5.13 Å². The standard InChI is InChI=1S/C23H18F2N4O2S2/c1-12-20(32-13(2)26-12)19-21(22(31)27-14-7-4-3-5-8-14)33-23(29-19)28-18(30)11-15-16(24)9-6-10-17(15)25/h3-10H,11H2,1-2H3,(H,27,31)(H,28,29,30). The van der Waals surface area contributed by atoms with E-state index in [0.717, 1.165) is 28.5 Å². The van der Waals surface area contributed by atoms with Gasteiger partial charge in [-0.25, -0.2) is 18.7 Å². The molecule has 0 aliphatic carbocycles. The lowest BCUT2D eigenvalue weighted by Gasteiger charge is -2.04. The number of thiazole rings is 2. The largest absolute Gasteiger partial charge is 0.321 e. The van der Waals surface area contributed by atoms with Gasteiger partial charge < -0.3 is 10.6 Å². The molecule has 33 heavy (non-hydrogen) atoms. The Bertz CT molecular complexity index is 1320. The number of nitrogens with zero attached hydrogens (tertiary/aromatic N) is 2. The number of aromatic nitrogens is 2. The number of halogens is 2. The Morgan fingerprint density at radius 3 is 2.24 bits per heavy atom. The van der Waals surface area contributed by atoms with Crippen molar-refractivity contribution in [3.63, 3.8) is 0 Å². The number of hydrogen-bond acceptors (Lipinski definition) is 6. The second-order valence-electron chi connectivity index (χ2n) is 7.09. The number of benzene rings is 2. The lowest BCUT2D eigenvalue weighted by Crippen LogP contribution is -2.16. The first-order chi connectivity index (χ1) is 15.8. The van der Waals surface area contributed by atoms with E-state index in [1.54, 1.807) is 24.3 Å². The van der Waals surface area contributed by atoms with Crippen LogP contribution in [0.4, 0.5) is 19.6 Å². The van der Waals surface area contributed by atoms with E-state index in [0.29, 0.717) is 22.0 Å². The minimum Gasteiger partial charge on any atom is -0.321 e. The van der Waals surface area contributed by atoms with Crippen LogP contribution in [0.1, 0.15) is 25.9 Å². The van der Waals surface area contributed by atoms with E-state index in [4.69, 9.17) is 0 Å². The van der Waals surface area contributed by atoms with Crippen molar-refractivity contribution in [3.8, 4) is 10.6 Å². The predicted octanol–water partition coefficient (Wildman–Crippen LogP) is 5.60. The molecule has 0 spiro atoms. The molecule has 2 amide bonds. The number of amides is 2. The number of carbonyl (C=O) groups is 2. The zero-order chi connectivity index (χ0) is 23.5. The maximum absolute atomic E-state index is 13.9. The third-order valence-corrected chi connectivity index (χ3v) is 6.68. The molecule has 4 aromatic rings. The SMILES string of the molecule is Cc1nc(C)c(-c2nc(NC(=O)Cc3c(F)cccc3F)sc2C(=O)Nc2ccccc2)s1. The number of rotatable bonds is 6. The number of carbonyl (C=O) groups excluding carboxylic acids is 2. The van der Waals surface area contributed by atoms with Crippen molar-refractivity contribution in [1.29, 1.82) is 0 Å². The molecule has 0 unspecified atom stereocenters. The molecule has 0 radical (unpaired) electrons. The third-order valence-electron chi connectivity index (χ3n) is 4.63. The predicted molar refractivity (Wildman–Crippen MR) is 126 cm³/mol. The number of aryl methyl sites for hydroxylation is 2. The quantitative estimate of drug-likeness (QED) is 0.373. The van der Waals surface area contributed by atoms with Gasteiger partial charge >= 0.3 is 0 Å². The van der Waals surface area contributed by atoms with Gasteiger partial charge in [0, 0.05) is 11.3 Å². The summed E-state index contributed by atoms with van der Waals surface area (Å²) in [6, 6.07) is 12.4. The highest BCUT2D eigenvalue weighted by atomic mass is 32.1. The lowest BCUT2D eigenvalue weighted by molar-refractivity contribution is -0.115. The van der Waals surface area contributed by atoms with Crippen LogP contribution < -0.4 is 10.6 Å². The first-order valence-corrected chi connectivity index (χ1v) is 11.5. The molecule has 0 atom stereocenters. The van der Waals surface area contributed by atoms with E-state index in [9.17, 15) is 18.4 Å². The summed E-state index contributed by atoms with van der Waals surface area (Å²) in [4.78, 5) is 35.4. The molecular formula is C23H18F2N4O2S2. The fourth-order valence-corrected chi connectivity index (χ4v) is 5.03. The molecule has 0 aliphatic heterocycles. The molecular weight excluding hydrogens is 466 g/mol. The molecule has 0 aliphatic rings. The van der Waals surface area contributed by atoms with E-state index in [1.807, 2.05) is 19.9 Å². The first-order valence-electron chi connectivity index (χ1n) is 9.86. The molecule has 0 saturated carbocycles. The van der Waals surface area contributed by atoms with Crippen LogP contribution in [0.3, 0.4) is 0 Å². The molecule has 6 nitrogen and oxygen atoms in total. The molecule has 0 bridgehead atoms. The number of nitrogens with one attached hydrogen (secondary N) is 2. The monoisotopic (exact) mass is 484 g/mol. The molecule has 2 heterocycles. The van der Waals surface area contributed by atoms with Crippen molar-refractivity contribution in [1.82, 2.24) is 9.97 Å². The Hall–Kier alpha value is -3.50. The third kappa shape index (κ3) is 5.12. The Labute approximate surface area is 196 Å². The highest BCUT2D eigenvalue weighted by molar-refractivity contribution is 7.19. The van der Waals surface area contributed by atoms with Gasteiger partial charge in [0.2, 0.25) is 5.91 Å². The molecule has 168 valence electrons. The van der Waals surface area contributed by atoms with Crippen molar-refractivity contribution in [2.24, 2.45) is 0 Å². The summed E-state index contributed by atoms with van der Waals surface area (Å²) in [7, 11) is 0. The summed E-state index contributed by atoms with van der Waals surface area (Å²) < 4.78 is 27.8. The van der Waals surface area contributed by atoms with Crippen molar-refractivity contribution in [2.75, 3.05) is 10.6 Å². The number of anilines is 2. The van der Waals surface area contributed by atoms with Crippen molar-refractivity contribution in [2.45, 2.75) is 20.3 Å². The van der Waals surface area contributed by atoms with Crippen LogP contribution in [-0.4, -0.2) is 21.8 Å². The molecule has 2 aromatic carbocycles. The second kappa shape index (κ2) is 9.55. The fraction of sp³-hybridized carbons (Fsp3) is 0.130. The molecule has 2 aromatic heterocycles. The van der Waals surface area contributed by atoms with Gasteiger partial charge in [0.05, 0.1) is 22.0 Å². The van der Waals surface area contributed by atoms with Crippen molar-refractivity contribution >= 4 is 45.3 Å². The first kappa shape index (κ1) is 22.7. The Balaban J connectivity index is 1.64. The average molecular weight is 485 g/mol. The topological polar surface area (TPSA) is 84.0 Å². The normalized spacial score (nSPS) is 10.8. The highest BCUT2D eigenvalue weighted by Crippen LogP contribution is 2.37. The van der Waals surface area contributed by atoms with Crippen LogP contribution >= 0.6 is 22.7 Å². The molecule has 0 fully saturated rings. The van der Waals surface area contributed by atoms with E-state index in [2.05, 4.69) is 20.6 Å². The number of para-hydroxylation sites is 1. The van der Waals surface area contributed by atoms with Gasteiger partial charge in [0.25, 0.3) is 5.91 Å². The minimum absolute atomic E-state index is 0.149. The zero-order valence-electron chi connectivity index (χ0n) is 17.6. The Morgan fingerprint density at radius 2 is 1.61 bits per heavy atom. The summed E-state index contributed by atoms with van der Waals surface area (Å²) in [5.74, 6) is -2.64. The Kier molecular flexibility index (Phi) is 6.57. The van der Waals surface area contributed by atoms with Gasteiger partial charge in [-0.15, -0.1) is 11.3 Å². The van der Waals surface area contributed by atoms with Crippen LogP contribution in [-0.2, 0) is 11.2 Å². The van der Waals surface area contributed by atoms with Gasteiger partial charge in [-0.2, -0.15) is 0 Å². The maximum Gasteiger partial charge on any atom is 0.268 e. The van der Waals surface area contributed by atoms with Crippen LogP contribution in [0.5, 0.6) is 0 Å². The van der Waals surface area contributed by atoms with Crippen LogP contribution in [0, 0.1) is 25.5 Å². The molecule has 10 heteroatoms. The zero-order valence-corrected chi connectivity index (χ0v) is 19.2. The summed E-state index contributed by atoms with van der Waals surface area (Å²) in [5, 5.41) is 6.34. The minimum atomic E-state index is -0.802. The van der Waals surface area contributed by atoms with Crippen LogP contribution in [0.25, 0.3) is 10.6 Å². The van der Waals surface area contributed by atoms with Gasteiger partial charge in [-0.3, -0.25) is 9.59 Å². The summed E-state index contributed by atoms with van der Waals surface area (Å²) in [6.45, 7) is 3.67. The molecule has 4 rings (SSSR count). The molecule has 0 saturated heterocycles.